The summed E-state index contributed by atoms with van der Waals surface area (Å²) in [6.07, 6.45) is 0.600. The molecular weight excluding hydrogens is 331 g/mol. The maximum atomic E-state index is 13.3. The van der Waals surface area contributed by atoms with Gasteiger partial charge in [-0.2, -0.15) is 0 Å². The van der Waals surface area contributed by atoms with Crippen LogP contribution in [0.3, 0.4) is 0 Å². The summed E-state index contributed by atoms with van der Waals surface area (Å²) in [5, 5.41) is 13.7. The van der Waals surface area contributed by atoms with Crippen molar-refractivity contribution >= 4 is 11.6 Å². The summed E-state index contributed by atoms with van der Waals surface area (Å²) < 4.78 is 23.9. The standard InChI is InChI=1S/C17H15FN2O5/c18-11-5-6-14(20(22)23)16(9-11)25-10-17(21)19-13-7-8-24-15-4-2-1-3-12(13)15/h1-6,9,13H,7-8,10H2,(H,19,21). The number of nitro groups is 1. The van der Waals surface area contributed by atoms with E-state index in [0.29, 0.717) is 18.8 Å². The minimum atomic E-state index is -0.693. The number of rotatable bonds is 5. The van der Waals surface area contributed by atoms with E-state index in [2.05, 4.69) is 5.32 Å². The molecule has 1 unspecified atom stereocenters. The summed E-state index contributed by atoms with van der Waals surface area (Å²) in [7, 11) is 0. The van der Waals surface area contributed by atoms with Crippen LogP contribution >= 0.6 is 0 Å². The first-order chi connectivity index (χ1) is 12.0. The van der Waals surface area contributed by atoms with E-state index in [-0.39, 0.29) is 11.8 Å². The fourth-order valence-corrected chi connectivity index (χ4v) is 2.63. The first-order valence-corrected chi connectivity index (χ1v) is 7.62. The van der Waals surface area contributed by atoms with Gasteiger partial charge in [-0.1, -0.05) is 18.2 Å². The maximum Gasteiger partial charge on any atom is 0.311 e. The number of hydrogen-bond acceptors (Lipinski definition) is 5. The van der Waals surface area contributed by atoms with Gasteiger partial charge in [0.2, 0.25) is 5.75 Å². The van der Waals surface area contributed by atoms with Crippen LogP contribution in [0.4, 0.5) is 10.1 Å². The molecule has 0 bridgehead atoms. The minimum absolute atomic E-state index is 0.233. The zero-order valence-electron chi connectivity index (χ0n) is 13.1. The van der Waals surface area contributed by atoms with E-state index in [1.807, 2.05) is 24.3 Å². The smallest absolute Gasteiger partial charge is 0.311 e. The molecule has 1 amide bonds. The van der Waals surface area contributed by atoms with Crippen LogP contribution in [0.1, 0.15) is 18.0 Å². The lowest BCUT2D eigenvalue weighted by Gasteiger charge is -2.26. The molecular formula is C17H15FN2O5. The Morgan fingerprint density at radius 1 is 1.36 bits per heavy atom. The van der Waals surface area contributed by atoms with E-state index in [9.17, 15) is 19.3 Å². The van der Waals surface area contributed by atoms with Gasteiger partial charge in [0.15, 0.2) is 6.61 Å². The van der Waals surface area contributed by atoms with Crippen molar-refractivity contribution in [3.05, 3.63) is 64.0 Å². The molecule has 8 heteroatoms. The number of carbonyl (C=O) groups is 1. The van der Waals surface area contributed by atoms with Crippen molar-refractivity contribution < 1.29 is 23.6 Å². The quantitative estimate of drug-likeness (QED) is 0.664. The van der Waals surface area contributed by atoms with Gasteiger partial charge < -0.3 is 14.8 Å². The van der Waals surface area contributed by atoms with Crippen LogP contribution < -0.4 is 14.8 Å². The number of nitro benzene ring substituents is 1. The number of halogens is 1. The number of fused-ring (bicyclic) bond motifs is 1. The molecule has 0 spiro atoms. The van der Waals surface area contributed by atoms with E-state index in [4.69, 9.17) is 9.47 Å². The minimum Gasteiger partial charge on any atom is -0.493 e. The Morgan fingerprint density at radius 2 is 2.16 bits per heavy atom. The second kappa shape index (κ2) is 7.16. The molecule has 1 N–H and O–H groups in total. The van der Waals surface area contributed by atoms with Gasteiger partial charge in [0, 0.05) is 24.1 Å². The van der Waals surface area contributed by atoms with E-state index >= 15 is 0 Å². The van der Waals surface area contributed by atoms with Crippen LogP contribution in [-0.2, 0) is 4.79 Å². The zero-order valence-corrected chi connectivity index (χ0v) is 13.1. The zero-order chi connectivity index (χ0) is 17.8. The van der Waals surface area contributed by atoms with Gasteiger partial charge in [-0.15, -0.1) is 0 Å². The Balaban J connectivity index is 1.65. The number of amides is 1. The van der Waals surface area contributed by atoms with Crippen molar-refractivity contribution in [3.8, 4) is 11.5 Å². The lowest BCUT2D eigenvalue weighted by Crippen LogP contribution is -2.35. The molecule has 25 heavy (non-hydrogen) atoms. The number of ether oxygens (including phenoxy) is 2. The fourth-order valence-electron chi connectivity index (χ4n) is 2.63. The summed E-state index contributed by atoms with van der Waals surface area (Å²) in [5.74, 6) is -0.715. The van der Waals surface area contributed by atoms with Crippen molar-refractivity contribution in [2.24, 2.45) is 0 Å². The number of nitrogens with zero attached hydrogens (tertiary/aromatic N) is 1. The highest BCUT2D eigenvalue weighted by molar-refractivity contribution is 5.78. The van der Waals surface area contributed by atoms with Gasteiger partial charge in [-0.05, 0) is 12.1 Å². The Labute approximate surface area is 142 Å². The third-order valence-corrected chi connectivity index (χ3v) is 3.77. The highest BCUT2D eigenvalue weighted by atomic mass is 19.1. The van der Waals surface area contributed by atoms with Crippen molar-refractivity contribution in [1.29, 1.82) is 0 Å². The van der Waals surface area contributed by atoms with Crippen LogP contribution in [0.25, 0.3) is 0 Å². The van der Waals surface area contributed by atoms with Gasteiger partial charge in [-0.25, -0.2) is 4.39 Å². The summed E-state index contributed by atoms with van der Waals surface area (Å²) in [6.45, 7) is 0.0159. The molecule has 0 fully saturated rings. The number of nitrogens with one attached hydrogen (secondary N) is 1. The van der Waals surface area contributed by atoms with Gasteiger partial charge in [0.25, 0.3) is 5.91 Å². The number of benzene rings is 2. The van der Waals surface area contributed by atoms with Gasteiger partial charge in [0.05, 0.1) is 17.6 Å². The topological polar surface area (TPSA) is 90.7 Å². The lowest BCUT2D eigenvalue weighted by atomic mass is 10.0. The molecule has 0 saturated carbocycles. The molecule has 0 aliphatic carbocycles. The molecule has 0 aromatic heterocycles. The van der Waals surface area contributed by atoms with Crippen molar-refractivity contribution in [2.45, 2.75) is 12.5 Å². The van der Waals surface area contributed by atoms with E-state index < -0.39 is 28.9 Å². The van der Waals surface area contributed by atoms with Gasteiger partial charge in [0.1, 0.15) is 11.6 Å². The third-order valence-electron chi connectivity index (χ3n) is 3.77. The van der Waals surface area contributed by atoms with E-state index in [1.54, 1.807) is 0 Å². The molecule has 130 valence electrons. The van der Waals surface area contributed by atoms with Crippen LogP contribution in [0.15, 0.2) is 42.5 Å². The average molecular weight is 346 g/mol. The number of hydrogen-bond donors (Lipinski definition) is 1. The Bertz CT molecular complexity index is 811. The van der Waals surface area contributed by atoms with E-state index in [0.717, 1.165) is 23.8 Å². The summed E-state index contributed by atoms with van der Waals surface area (Å²) in [5.41, 5.74) is 0.462. The highest BCUT2D eigenvalue weighted by Crippen LogP contribution is 2.31. The Kier molecular flexibility index (Phi) is 4.78. The fraction of sp³-hybridized carbons (Fsp3) is 0.235. The first kappa shape index (κ1) is 16.7. The molecule has 1 heterocycles. The summed E-state index contributed by atoms with van der Waals surface area (Å²) in [4.78, 5) is 22.3. The normalized spacial score (nSPS) is 15.6. The number of para-hydroxylation sites is 1. The van der Waals surface area contributed by atoms with E-state index in [1.165, 1.54) is 0 Å². The molecule has 2 aromatic carbocycles. The SMILES string of the molecule is O=C(COc1cc(F)ccc1[N+](=O)[O-])NC1CCOc2ccccc21. The average Bonchev–Trinajstić information content (AvgIpc) is 2.60. The molecule has 0 radical (unpaired) electrons. The van der Waals surface area contributed by atoms with Crippen LogP contribution in [0.2, 0.25) is 0 Å². The predicted octanol–water partition coefficient (Wildman–Crippen LogP) is 2.75. The van der Waals surface area contributed by atoms with Crippen molar-refractivity contribution in [3.63, 3.8) is 0 Å². The van der Waals surface area contributed by atoms with Crippen molar-refractivity contribution in [1.82, 2.24) is 5.32 Å². The monoisotopic (exact) mass is 346 g/mol. The molecule has 0 saturated heterocycles. The molecule has 1 aliphatic rings. The molecule has 3 rings (SSSR count). The first-order valence-electron chi connectivity index (χ1n) is 7.62. The second-order valence-corrected chi connectivity index (χ2v) is 5.45. The molecule has 7 nitrogen and oxygen atoms in total. The Morgan fingerprint density at radius 3 is 2.96 bits per heavy atom. The molecule has 2 aromatic rings. The summed E-state index contributed by atoms with van der Waals surface area (Å²) in [6, 6.07) is 9.98. The van der Waals surface area contributed by atoms with Crippen LogP contribution in [0, 0.1) is 15.9 Å². The maximum absolute atomic E-state index is 13.3. The predicted molar refractivity (Wildman–Crippen MR) is 86.0 cm³/mol. The van der Waals surface area contributed by atoms with Crippen LogP contribution in [-0.4, -0.2) is 24.0 Å². The van der Waals surface area contributed by atoms with Gasteiger partial charge in [-0.3, -0.25) is 14.9 Å². The number of carbonyl (C=O) groups excluding carboxylic acids is 1. The van der Waals surface area contributed by atoms with Gasteiger partial charge >= 0.3 is 5.69 Å². The van der Waals surface area contributed by atoms with Crippen LogP contribution in [0.5, 0.6) is 11.5 Å². The lowest BCUT2D eigenvalue weighted by molar-refractivity contribution is -0.385. The largest absolute Gasteiger partial charge is 0.493 e. The molecule has 1 aliphatic heterocycles. The Hall–Kier alpha value is -3.16. The summed E-state index contributed by atoms with van der Waals surface area (Å²) >= 11 is 0. The van der Waals surface area contributed by atoms with Crippen molar-refractivity contribution in [2.75, 3.05) is 13.2 Å². The highest BCUT2D eigenvalue weighted by Gasteiger charge is 2.23. The second-order valence-electron chi connectivity index (χ2n) is 5.45. The molecule has 1 atom stereocenters. The third kappa shape index (κ3) is 3.85.